The van der Waals surface area contributed by atoms with E-state index in [2.05, 4.69) is 15.9 Å². The second-order valence-electron chi connectivity index (χ2n) is 3.71. The third-order valence-corrected chi connectivity index (χ3v) is 3.93. The number of thiophene rings is 1. The molecule has 16 heavy (non-hydrogen) atoms. The van der Waals surface area contributed by atoms with E-state index in [4.69, 9.17) is 0 Å². The number of hydrogen-bond acceptors (Lipinski definition) is 3. The van der Waals surface area contributed by atoms with Crippen LogP contribution in [0.25, 0.3) is 10.1 Å². The summed E-state index contributed by atoms with van der Waals surface area (Å²) in [6, 6.07) is 7.84. The van der Waals surface area contributed by atoms with Gasteiger partial charge in [-0.2, -0.15) is 0 Å². The standard InChI is InChI=1S/C12H13BrO2S/c13-5-3-10(14)12(15)9-2-1-8-4-6-16-11(8)7-9/h1-2,4,6-7,10,12,14-15H,3,5H2. The topological polar surface area (TPSA) is 40.5 Å². The second kappa shape index (κ2) is 5.27. The summed E-state index contributed by atoms with van der Waals surface area (Å²) in [5, 5.41) is 23.6. The van der Waals surface area contributed by atoms with Crippen LogP contribution in [0.4, 0.5) is 0 Å². The van der Waals surface area contributed by atoms with Gasteiger partial charge in [-0.15, -0.1) is 11.3 Å². The Morgan fingerprint density at radius 1 is 1.25 bits per heavy atom. The average Bonchev–Trinajstić information content (AvgIpc) is 2.75. The maximum atomic E-state index is 9.95. The third kappa shape index (κ3) is 2.46. The molecule has 2 N–H and O–H groups in total. The van der Waals surface area contributed by atoms with Crippen molar-refractivity contribution in [3.05, 3.63) is 35.2 Å². The van der Waals surface area contributed by atoms with E-state index >= 15 is 0 Å². The first kappa shape index (κ1) is 12.0. The van der Waals surface area contributed by atoms with Crippen LogP contribution in [0, 0.1) is 0 Å². The van der Waals surface area contributed by atoms with Crippen molar-refractivity contribution in [1.29, 1.82) is 0 Å². The lowest BCUT2D eigenvalue weighted by Gasteiger charge is -2.17. The predicted molar refractivity (Wildman–Crippen MR) is 71.2 cm³/mol. The molecule has 1 aromatic carbocycles. The molecule has 0 amide bonds. The molecule has 0 aliphatic heterocycles. The Morgan fingerprint density at radius 3 is 2.81 bits per heavy atom. The average molecular weight is 301 g/mol. The van der Waals surface area contributed by atoms with E-state index < -0.39 is 12.2 Å². The smallest absolute Gasteiger partial charge is 0.105 e. The minimum Gasteiger partial charge on any atom is -0.390 e. The van der Waals surface area contributed by atoms with Gasteiger partial charge in [0, 0.05) is 10.0 Å². The van der Waals surface area contributed by atoms with Crippen molar-refractivity contribution in [2.45, 2.75) is 18.6 Å². The fourth-order valence-corrected chi connectivity index (χ4v) is 2.95. The van der Waals surface area contributed by atoms with E-state index in [0.717, 1.165) is 10.3 Å². The zero-order valence-electron chi connectivity index (χ0n) is 8.64. The number of benzene rings is 1. The van der Waals surface area contributed by atoms with Gasteiger partial charge in [-0.1, -0.05) is 28.1 Å². The molecule has 2 unspecified atom stereocenters. The number of halogens is 1. The predicted octanol–water partition coefficient (Wildman–Crippen LogP) is 3.08. The molecule has 86 valence electrons. The molecule has 1 heterocycles. The zero-order valence-corrected chi connectivity index (χ0v) is 11.0. The molecule has 0 fully saturated rings. The summed E-state index contributed by atoms with van der Waals surface area (Å²) >= 11 is 4.90. The van der Waals surface area contributed by atoms with Crippen LogP contribution < -0.4 is 0 Å². The molecule has 0 aliphatic carbocycles. The molecule has 0 bridgehead atoms. The molecule has 2 atom stereocenters. The Bertz CT molecular complexity index is 469. The van der Waals surface area contributed by atoms with E-state index in [9.17, 15) is 10.2 Å². The fraction of sp³-hybridized carbons (Fsp3) is 0.333. The molecule has 1 aromatic heterocycles. The van der Waals surface area contributed by atoms with E-state index in [1.807, 2.05) is 29.6 Å². The highest BCUT2D eigenvalue weighted by atomic mass is 79.9. The number of rotatable bonds is 4. The van der Waals surface area contributed by atoms with E-state index in [-0.39, 0.29) is 0 Å². The van der Waals surface area contributed by atoms with Crippen molar-refractivity contribution in [2.24, 2.45) is 0 Å². The van der Waals surface area contributed by atoms with Crippen LogP contribution in [0.1, 0.15) is 18.1 Å². The highest BCUT2D eigenvalue weighted by Gasteiger charge is 2.17. The van der Waals surface area contributed by atoms with Gasteiger partial charge in [0.15, 0.2) is 0 Å². The Kier molecular flexibility index (Phi) is 3.97. The Balaban J connectivity index is 2.24. The van der Waals surface area contributed by atoms with Crippen LogP contribution >= 0.6 is 27.3 Å². The van der Waals surface area contributed by atoms with Gasteiger partial charge >= 0.3 is 0 Å². The molecular weight excluding hydrogens is 288 g/mol. The second-order valence-corrected chi connectivity index (χ2v) is 5.45. The summed E-state index contributed by atoms with van der Waals surface area (Å²) in [5.74, 6) is 0. The number of aliphatic hydroxyl groups is 2. The van der Waals surface area contributed by atoms with Crippen LogP contribution in [0.2, 0.25) is 0 Å². The SMILES string of the molecule is OC(CCBr)C(O)c1ccc2ccsc2c1. The highest BCUT2D eigenvalue weighted by molar-refractivity contribution is 9.09. The summed E-state index contributed by atoms with van der Waals surface area (Å²) in [5.41, 5.74) is 0.781. The summed E-state index contributed by atoms with van der Waals surface area (Å²) in [6.07, 6.45) is -0.968. The van der Waals surface area contributed by atoms with Crippen LogP contribution in [-0.2, 0) is 0 Å². The monoisotopic (exact) mass is 300 g/mol. The molecule has 2 aromatic rings. The van der Waals surface area contributed by atoms with Gasteiger partial charge in [0.2, 0.25) is 0 Å². The van der Waals surface area contributed by atoms with E-state index in [0.29, 0.717) is 11.8 Å². The molecule has 2 nitrogen and oxygen atoms in total. The van der Waals surface area contributed by atoms with Gasteiger partial charge in [0.1, 0.15) is 6.10 Å². The molecule has 4 heteroatoms. The fourth-order valence-electron chi connectivity index (χ4n) is 1.65. The van der Waals surface area contributed by atoms with E-state index in [1.54, 1.807) is 11.3 Å². The van der Waals surface area contributed by atoms with Gasteiger partial charge < -0.3 is 10.2 Å². The van der Waals surface area contributed by atoms with Crippen LogP contribution in [0.15, 0.2) is 29.6 Å². The van der Waals surface area contributed by atoms with Gasteiger partial charge in [-0.3, -0.25) is 0 Å². The van der Waals surface area contributed by atoms with Crippen molar-refractivity contribution in [2.75, 3.05) is 5.33 Å². The van der Waals surface area contributed by atoms with Crippen molar-refractivity contribution < 1.29 is 10.2 Å². The lowest BCUT2D eigenvalue weighted by atomic mass is 10.0. The number of hydrogen-bond donors (Lipinski definition) is 2. The lowest BCUT2D eigenvalue weighted by molar-refractivity contribution is 0.0174. The minimum absolute atomic E-state index is 0.545. The molecule has 2 rings (SSSR count). The Morgan fingerprint density at radius 2 is 2.06 bits per heavy atom. The number of alkyl halides is 1. The van der Waals surface area contributed by atoms with Crippen LogP contribution in [0.3, 0.4) is 0 Å². The minimum atomic E-state index is -0.802. The van der Waals surface area contributed by atoms with Gasteiger partial charge in [-0.25, -0.2) is 0 Å². The maximum Gasteiger partial charge on any atom is 0.105 e. The molecular formula is C12H13BrO2S. The molecule has 0 saturated heterocycles. The molecule has 0 aliphatic rings. The van der Waals surface area contributed by atoms with Crippen LogP contribution in [0.5, 0.6) is 0 Å². The summed E-state index contributed by atoms with van der Waals surface area (Å²) in [7, 11) is 0. The summed E-state index contributed by atoms with van der Waals surface area (Å²) in [4.78, 5) is 0. The molecule has 0 spiro atoms. The summed E-state index contributed by atoms with van der Waals surface area (Å²) < 4.78 is 1.14. The lowest BCUT2D eigenvalue weighted by Crippen LogP contribution is -2.18. The van der Waals surface area contributed by atoms with Gasteiger partial charge in [0.25, 0.3) is 0 Å². The molecule has 0 saturated carbocycles. The van der Waals surface area contributed by atoms with E-state index in [1.165, 1.54) is 5.39 Å². The Hall–Kier alpha value is -0.420. The highest BCUT2D eigenvalue weighted by Crippen LogP contribution is 2.27. The van der Waals surface area contributed by atoms with Crippen molar-refractivity contribution in [1.82, 2.24) is 0 Å². The van der Waals surface area contributed by atoms with Gasteiger partial charge in [-0.05, 0) is 34.9 Å². The first-order chi connectivity index (χ1) is 7.72. The normalized spacial score (nSPS) is 15.2. The third-order valence-electron chi connectivity index (χ3n) is 2.59. The van der Waals surface area contributed by atoms with Crippen LogP contribution in [-0.4, -0.2) is 21.6 Å². The number of aliphatic hydroxyl groups excluding tert-OH is 2. The largest absolute Gasteiger partial charge is 0.390 e. The quantitative estimate of drug-likeness (QED) is 0.852. The van der Waals surface area contributed by atoms with Crippen molar-refractivity contribution in [3.63, 3.8) is 0 Å². The van der Waals surface area contributed by atoms with Gasteiger partial charge in [0.05, 0.1) is 6.10 Å². The first-order valence-corrected chi connectivity index (χ1v) is 7.11. The maximum absolute atomic E-state index is 9.95. The first-order valence-electron chi connectivity index (χ1n) is 5.11. The zero-order chi connectivity index (χ0) is 11.5. The number of fused-ring (bicyclic) bond motifs is 1. The van der Waals surface area contributed by atoms with Crippen molar-refractivity contribution >= 4 is 37.4 Å². The Labute approximate surface area is 107 Å². The summed E-state index contributed by atoms with van der Waals surface area (Å²) in [6.45, 7) is 0. The van der Waals surface area contributed by atoms with Crippen molar-refractivity contribution in [3.8, 4) is 0 Å². The molecule has 0 radical (unpaired) electrons.